The van der Waals surface area contributed by atoms with Crippen molar-refractivity contribution in [3.8, 4) is 33.4 Å². The average Bonchev–Trinajstić information content (AvgIpc) is 3.40. The molecule has 46 heavy (non-hydrogen) atoms. The molecule has 7 aromatic carbocycles. The highest BCUT2D eigenvalue weighted by Gasteiger charge is 2.42. The fourth-order valence-corrected chi connectivity index (χ4v) is 7.35. The van der Waals surface area contributed by atoms with Crippen molar-refractivity contribution in [2.24, 2.45) is 0 Å². The summed E-state index contributed by atoms with van der Waals surface area (Å²) in [7, 11) is 0. The second-order valence-electron chi connectivity index (χ2n) is 12.4. The molecule has 1 aliphatic rings. The Balaban J connectivity index is 1.35. The highest BCUT2D eigenvalue weighted by atomic mass is 15.1. The predicted molar refractivity (Wildman–Crippen MR) is 194 cm³/mol. The Morgan fingerprint density at radius 1 is 0.435 bits per heavy atom. The largest absolute Gasteiger partial charge is 0.310 e. The molecule has 0 heterocycles. The minimum atomic E-state index is -0.266. The minimum Gasteiger partial charge on any atom is -0.310 e. The average molecular weight is 590 g/mol. The van der Waals surface area contributed by atoms with Crippen LogP contribution in [0.4, 0.5) is 17.1 Å². The molecule has 0 radical (unpaired) electrons. The first kappa shape index (κ1) is 27.9. The summed E-state index contributed by atoms with van der Waals surface area (Å²) in [5.74, 6) is 0. The maximum absolute atomic E-state index is 2.46. The fourth-order valence-electron chi connectivity index (χ4n) is 7.35. The van der Waals surface area contributed by atoms with Crippen molar-refractivity contribution in [1.29, 1.82) is 0 Å². The van der Waals surface area contributed by atoms with Crippen molar-refractivity contribution in [2.45, 2.75) is 19.3 Å². The summed E-state index contributed by atoms with van der Waals surface area (Å²) in [6, 6.07) is 63.9. The summed E-state index contributed by atoms with van der Waals surface area (Å²) >= 11 is 0. The van der Waals surface area contributed by atoms with Gasteiger partial charge < -0.3 is 4.90 Å². The summed E-state index contributed by atoms with van der Waals surface area (Å²) < 4.78 is 0. The van der Waals surface area contributed by atoms with Crippen molar-refractivity contribution in [2.75, 3.05) is 4.90 Å². The van der Waals surface area contributed by atoms with Crippen LogP contribution in [0.2, 0.25) is 0 Å². The van der Waals surface area contributed by atoms with Crippen LogP contribution in [0, 0.1) is 6.92 Å². The fraction of sp³-hybridized carbons (Fsp3) is 0.0667. The Labute approximate surface area is 272 Å². The highest BCUT2D eigenvalue weighted by molar-refractivity contribution is 5.96. The van der Waals surface area contributed by atoms with Gasteiger partial charge in [0.2, 0.25) is 0 Å². The summed E-state index contributed by atoms with van der Waals surface area (Å²) in [5, 5.41) is 0. The first-order valence-electron chi connectivity index (χ1n) is 16.0. The van der Waals surface area contributed by atoms with E-state index in [9.17, 15) is 0 Å². The summed E-state index contributed by atoms with van der Waals surface area (Å²) in [5.41, 5.74) is 15.9. The van der Waals surface area contributed by atoms with Crippen molar-refractivity contribution >= 4 is 17.1 Å². The molecule has 8 rings (SSSR count). The van der Waals surface area contributed by atoms with Gasteiger partial charge >= 0.3 is 0 Å². The normalized spacial score (nSPS) is 14.8. The first-order valence-corrected chi connectivity index (χ1v) is 16.0. The number of fused-ring (bicyclic) bond motifs is 3. The Bertz CT molecular complexity index is 2150. The summed E-state index contributed by atoms with van der Waals surface area (Å²) in [4.78, 5) is 2.46. The number of hydrogen-bond donors (Lipinski definition) is 0. The number of rotatable bonds is 6. The second-order valence-corrected chi connectivity index (χ2v) is 12.4. The van der Waals surface area contributed by atoms with Gasteiger partial charge in [0, 0.05) is 22.4 Å². The Kier molecular flexibility index (Phi) is 6.88. The van der Waals surface area contributed by atoms with E-state index in [1.807, 2.05) is 0 Å². The summed E-state index contributed by atoms with van der Waals surface area (Å²) in [6.45, 7) is 4.62. The molecule has 1 nitrogen and oxygen atoms in total. The van der Waals surface area contributed by atoms with E-state index < -0.39 is 0 Å². The number of hydrogen-bond acceptors (Lipinski definition) is 1. The lowest BCUT2D eigenvalue weighted by molar-refractivity contribution is 0.714. The van der Waals surface area contributed by atoms with Gasteiger partial charge in [0.15, 0.2) is 0 Å². The van der Waals surface area contributed by atoms with E-state index in [1.165, 1.54) is 67.0 Å². The van der Waals surface area contributed by atoms with Crippen molar-refractivity contribution in [3.63, 3.8) is 0 Å². The van der Waals surface area contributed by atoms with Crippen LogP contribution in [-0.4, -0.2) is 0 Å². The van der Waals surface area contributed by atoms with Crippen molar-refractivity contribution in [1.82, 2.24) is 0 Å². The number of anilines is 3. The molecule has 0 saturated heterocycles. The molecule has 0 saturated carbocycles. The van der Waals surface area contributed by atoms with E-state index in [0.29, 0.717) is 0 Å². The van der Waals surface area contributed by atoms with E-state index in [2.05, 4.69) is 195 Å². The highest BCUT2D eigenvalue weighted by Crippen LogP contribution is 2.56. The Morgan fingerprint density at radius 3 is 1.65 bits per heavy atom. The molecule has 0 bridgehead atoms. The number of benzene rings is 7. The zero-order valence-electron chi connectivity index (χ0n) is 26.2. The van der Waals surface area contributed by atoms with Crippen molar-refractivity contribution < 1.29 is 0 Å². The van der Waals surface area contributed by atoms with Crippen LogP contribution in [0.5, 0.6) is 0 Å². The van der Waals surface area contributed by atoms with E-state index in [-0.39, 0.29) is 5.41 Å². The lowest BCUT2D eigenvalue weighted by Gasteiger charge is -2.31. The lowest BCUT2D eigenvalue weighted by atomic mass is 9.74. The lowest BCUT2D eigenvalue weighted by Crippen LogP contribution is -2.22. The van der Waals surface area contributed by atoms with E-state index >= 15 is 0 Å². The van der Waals surface area contributed by atoms with Gasteiger partial charge in [-0.1, -0.05) is 146 Å². The van der Waals surface area contributed by atoms with Crippen LogP contribution in [0.3, 0.4) is 0 Å². The topological polar surface area (TPSA) is 3.24 Å². The van der Waals surface area contributed by atoms with Crippen LogP contribution in [0.25, 0.3) is 33.4 Å². The van der Waals surface area contributed by atoms with Gasteiger partial charge in [0.1, 0.15) is 0 Å². The predicted octanol–water partition coefficient (Wildman–Crippen LogP) is 12.1. The molecule has 0 N–H and O–H groups in total. The third-order valence-electron chi connectivity index (χ3n) is 9.69. The molecule has 1 heteroatoms. The molecule has 1 atom stereocenters. The van der Waals surface area contributed by atoms with Gasteiger partial charge in [-0.05, 0) is 94.3 Å². The number of aryl methyl sites for hydroxylation is 1. The van der Waals surface area contributed by atoms with Crippen LogP contribution >= 0.6 is 0 Å². The third kappa shape index (κ3) is 4.55. The zero-order valence-corrected chi connectivity index (χ0v) is 26.2. The molecular weight excluding hydrogens is 555 g/mol. The zero-order chi connectivity index (χ0) is 31.1. The third-order valence-corrected chi connectivity index (χ3v) is 9.69. The van der Waals surface area contributed by atoms with Gasteiger partial charge in [-0.3, -0.25) is 0 Å². The molecule has 1 unspecified atom stereocenters. The van der Waals surface area contributed by atoms with Crippen LogP contribution in [-0.2, 0) is 5.41 Å². The van der Waals surface area contributed by atoms with Gasteiger partial charge in [-0.2, -0.15) is 0 Å². The Hall–Kier alpha value is -5.66. The second kappa shape index (κ2) is 11.4. The molecule has 0 fully saturated rings. The molecule has 0 aromatic heterocycles. The molecule has 0 spiro atoms. The maximum atomic E-state index is 2.46. The van der Waals surface area contributed by atoms with Gasteiger partial charge in [0.05, 0.1) is 5.69 Å². The smallest absolute Gasteiger partial charge is 0.0543 e. The molecule has 1 aliphatic carbocycles. The molecular formula is C45H35N. The monoisotopic (exact) mass is 589 g/mol. The summed E-state index contributed by atoms with van der Waals surface area (Å²) in [6.07, 6.45) is 0. The van der Waals surface area contributed by atoms with Gasteiger partial charge in [-0.25, -0.2) is 0 Å². The van der Waals surface area contributed by atoms with Gasteiger partial charge in [-0.15, -0.1) is 0 Å². The molecule has 0 amide bonds. The molecule has 0 aliphatic heterocycles. The van der Waals surface area contributed by atoms with Gasteiger partial charge in [0.25, 0.3) is 0 Å². The quantitative estimate of drug-likeness (QED) is 0.186. The molecule has 7 aromatic rings. The van der Waals surface area contributed by atoms with Crippen LogP contribution < -0.4 is 4.90 Å². The van der Waals surface area contributed by atoms with Crippen LogP contribution in [0.1, 0.15) is 29.2 Å². The standard InChI is InChI=1S/C45H35N/c1-32-31-36(34-17-8-4-9-18-34)27-30-42(32)46(38-28-25-35(26-29-38)33-15-6-3-7-16-33)43-24-14-23-41-44(43)39-21-12-13-22-40(39)45(41,2)37-19-10-5-11-20-37/h3-31H,1-2H3. The van der Waals surface area contributed by atoms with Crippen molar-refractivity contribution in [3.05, 3.63) is 198 Å². The maximum Gasteiger partial charge on any atom is 0.0543 e. The molecule has 220 valence electrons. The first-order chi connectivity index (χ1) is 22.6. The minimum absolute atomic E-state index is 0.266. The number of nitrogens with zero attached hydrogens (tertiary/aromatic N) is 1. The van der Waals surface area contributed by atoms with E-state index in [1.54, 1.807) is 0 Å². The van der Waals surface area contributed by atoms with Crippen LogP contribution in [0.15, 0.2) is 176 Å². The SMILES string of the molecule is Cc1cc(-c2ccccc2)ccc1N(c1ccc(-c2ccccc2)cc1)c1cccc2c1-c1ccccc1C2(C)c1ccccc1. The van der Waals surface area contributed by atoms with E-state index in [0.717, 1.165) is 5.69 Å². The van der Waals surface area contributed by atoms with E-state index in [4.69, 9.17) is 0 Å². The Morgan fingerprint density at radius 2 is 0.978 bits per heavy atom.